The molecule has 4 N–H and O–H groups in total. The number of carboxylic acid groups (broad SMARTS) is 1. The number of carbonyl (C=O) groups is 3. The van der Waals surface area contributed by atoms with Gasteiger partial charge in [0, 0.05) is 5.92 Å². The Morgan fingerprint density at radius 3 is 2.29 bits per heavy atom. The monoisotopic (exact) mass is 466 g/mol. The summed E-state index contributed by atoms with van der Waals surface area (Å²) in [6, 6.07) is 16.1. The van der Waals surface area contributed by atoms with Crippen molar-refractivity contribution in [2.24, 2.45) is 5.92 Å². The number of fused-ring (bicyclic) bond motifs is 3. The van der Waals surface area contributed by atoms with Crippen LogP contribution in [0.25, 0.3) is 11.1 Å². The minimum atomic E-state index is -1.71. The normalized spacial score (nSPS) is 22.2. The molecule has 2 aromatic carbocycles. The Morgan fingerprint density at radius 2 is 1.71 bits per heavy atom. The van der Waals surface area contributed by atoms with Gasteiger partial charge in [-0.05, 0) is 41.0 Å². The van der Waals surface area contributed by atoms with Gasteiger partial charge in [0.15, 0.2) is 6.10 Å². The van der Waals surface area contributed by atoms with E-state index in [9.17, 15) is 19.5 Å². The average Bonchev–Trinajstić information content (AvgIpc) is 3.14. The third-order valence-corrected chi connectivity index (χ3v) is 6.86. The number of carboxylic acids is 1. The summed E-state index contributed by atoms with van der Waals surface area (Å²) in [6.07, 6.45) is 0.0862. The number of aliphatic hydroxyl groups is 1. The lowest BCUT2D eigenvalue weighted by Gasteiger charge is -2.39. The summed E-state index contributed by atoms with van der Waals surface area (Å²) in [5.41, 5.74) is 3.23. The van der Waals surface area contributed by atoms with Gasteiger partial charge in [-0.3, -0.25) is 4.79 Å². The van der Waals surface area contributed by atoms with E-state index < -0.39 is 36.2 Å². The first-order valence-electron chi connectivity index (χ1n) is 11.6. The second kappa shape index (κ2) is 9.85. The molecule has 0 saturated heterocycles. The van der Waals surface area contributed by atoms with Gasteiger partial charge in [0.2, 0.25) is 5.91 Å². The molecular formula is C26H30N2O6. The van der Waals surface area contributed by atoms with Gasteiger partial charge in [-0.2, -0.15) is 0 Å². The van der Waals surface area contributed by atoms with Crippen molar-refractivity contribution in [3.63, 3.8) is 0 Å². The van der Waals surface area contributed by atoms with Crippen molar-refractivity contribution in [1.82, 2.24) is 10.6 Å². The number of nitrogens with one attached hydrogen (secondary N) is 2. The molecule has 2 amide bonds. The van der Waals surface area contributed by atoms with Crippen LogP contribution in [-0.4, -0.2) is 53.0 Å². The highest BCUT2D eigenvalue weighted by Gasteiger charge is 2.44. The number of carbonyl (C=O) groups excluding carboxylic acids is 2. The Morgan fingerprint density at radius 1 is 1.09 bits per heavy atom. The first kappa shape index (κ1) is 23.8. The summed E-state index contributed by atoms with van der Waals surface area (Å²) in [5.74, 6) is -1.83. The van der Waals surface area contributed by atoms with Crippen molar-refractivity contribution in [2.75, 3.05) is 13.2 Å². The third kappa shape index (κ3) is 4.77. The number of hydrogen-bond donors (Lipinski definition) is 4. The molecule has 0 aromatic heterocycles. The van der Waals surface area contributed by atoms with E-state index in [0.29, 0.717) is 12.8 Å². The van der Waals surface area contributed by atoms with Gasteiger partial charge in [0.25, 0.3) is 0 Å². The topological polar surface area (TPSA) is 125 Å². The summed E-state index contributed by atoms with van der Waals surface area (Å²) >= 11 is 0. The van der Waals surface area contributed by atoms with Crippen LogP contribution in [0, 0.1) is 5.92 Å². The van der Waals surface area contributed by atoms with Gasteiger partial charge >= 0.3 is 12.1 Å². The van der Waals surface area contributed by atoms with E-state index in [-0.39, 0.29) is 18.4 Å². The van der Waals surface area contributed by atoms with Gasteiger partial charge < -0.3 is 25.6 Å². The second-order valence-corrected chi connectivity index (χ2v) is 9.30. The van der Waals surface area contributed by atoms with Crippen LogP contribution in [0.4, 0.5) is 4.79 Å². The third-order valence-electron chi connectivity index (χ3n) is 6.86. The maximum atomic E-state index is 13.0. The van der Waals surface area contributed by atoms with Gasteiger partial charge in [0.05, 0.1) is 6.54 Å². The Balaban J connectivity index is 1.45. The fourth-order valence-corrected chi connectivity index (χ4v) is 5.20. The van der Waals surface area contributed by atoms with Crippen molar-refractivity contribution in [1.29, 1.82) is 0 Å². The highest BCUT2D eigenvalue weighted by molar-refractivity contribution is 5.90. The molecule has 2 aliphatic carbocycles. The molecule has 4 rings (SSSR count). The lowest BCUT2D eigenvalue weighted by atomic mass is 9.75. The maximum Gasteiger partial charge on any atom is 0.408 e. The lowest BCUT2D eigenvalue weighted by Crippen LogP contribution is -2.61. The number of ether oxygens (including phenoxy) is 1. The molecular weight excluding hydrogens is 436 g/mol. The zero-order valence-electron chi connectivity index (χ0n) is 19.1. The summed E-state index contributed by atoms with van der Waals surface area (Å²) < 4.78 is 5.64. The van der Waals surface area contributed by atoms with Gasteiger partial charge in [-0.15, -0.1) is 0 Å². The molecule has 2 aromatic rings. The predicted molar refractivity (Wildman–Crippen MR) is 125 cm³/mol. The predicted octanol–water partition coefficient (Wildman–Crippen LogP) is 3.04. The standard InChI is InChI=1S/C26H30N2O6/c1-16-7-6-12-26(13-16,24(32)27-14-22(29)23(30)31)28-25(33)34-15-21-19-10-4-2-8-17(19)18-9-3-5-11-20(18)21/h2-5,8-11,16,21-22,29H,6-7,12-15H2,1H3,(H,27,32)(H,28,33)(H,30,31). The fourth-order valence-electron chi connectivity index (χ4n) is 5.20. The Kier molecular flexibility index (Phi) is 6.88. The van der Waals surface area contributed by atoms with Crippen molar-refractivity contribution >= 4 is 18.0 Å². The maximum absolute atomic E-state index is 13.0. The molecule has 0 aliphatic heterocycles. The lowest BCUT2D eigenvalue weighted by molar-refractivity contribution is -0.146. The number of aliphatic carboxylic acids is 1. The molecule has 34 heavy (non-hydrogen) atoms. The van der Waals surface area contributed by atoms with Crippen molar-refractivity contribution < 1.29 is 29.3 Å². The van der Waals surface area contributed by atoms with E-state index in [1.54, 1.807) is 0 Å². The molecule has 1 saturated carbocycles. The smallest absolute Gasteiger partial charge is 0.408 e. The second-order valence-electron chi connectivity index (χ2n) is 9.30. The summed E-state index contributed by atoms with van der Waals surface area (Å²) in [5, 5.41) is 23.7. The Hall–Kier alpha value is -3.39. The molecule has 1 fully saturated rings. The van der Waals surface area contributed by atoms with Crippen LogP contribution in [-0.2, 0) is 14.3 Å². The van der Waals surface area contributed by atoms with Crippen LogP contribution in [0.2, 0.25) is 0 Å². The molecule has 2 aliphatic rings. The van der Waals surface area contributed by atoms with Crippen molar-refractivity contribution in [3.05, 3.63) is 59.7 Å². The molecule has 0 spiro atoms. The molecule has 0 heterocycles. The molecule has 0 radical (unpaired) electrons. The quantitative estimate of drug-likeness (QED) is 0.497. The van der Waals surface area contributed by atoms with Crippen molar-refractivity contribution in [3.8, 4) is 11.1 Å². The van der Waals surface area contributed by atoms with Crippen LogP contribution < -0.4 is 10.6 Å². The molecule has 8 heteroatoms. The van der Waals surface area contributed by atoms with Crippen LogP contribution in [0.3, 0.4) is 0 Å². The molecule has 8 nitrogen and oxygen atoms in total. The van der Waals surface area contributed by atoms with E-state index >= 15 is 0 Å². The van der Waals surface area contributed by atoms with Crippen LogP contribution >= 0.6 is 0 Å². The van der Waals surface area contributed by atoms with E-state index in [1.165, 1.54) is 0 Å². The van der Waals surface area contributed by atoms with Crippen LogP contribution in [0.1, 0.15) is 49.7 Å². The first-order valence-corrected chi connectivity index (χ1v) is 11.6. The van der Waals surface area contributed by atoms with E-state index in [0.717, 1.165) is 35.1 Å². The van der Waals surface area contributed by atoms with Gasteiger partial charge in [-0.25, -0.2) is 9.59 Å². The summed E-state index contributed by atoms with van der Waals surface area (Å²) in [6.45, 7) is 1.70. The zero-order valence-corrected chi connectivity index (χ0v) is 19.1. The number of aliphatic hydroxyl groups excluding tert-OH is 1. The number of alkyl carbamates (subject to hydrolysis) is 1. The number of rotatable bonds is 7. The molecule has 180 valence electrons. The van der Waals surface area contributed by atoms with E-state index in [4.69, 9.17) is 9.84 Å². The SMILES string of the molecule is CC1CCCC(NC(=O)OCC2c3ccccc3-c3ccccc32)(C(=O)NCC(O)C(=O)O)C1. The Bertz CT molecular complexity index is 1040. The molecule has 3 unspecified atom stereocenters. The first-order chi connectivity index (χ1) is 16.3. The number of benzene rings is 2. The van der Waals surface area contributed by atoms with Crippen LogP contribution in [0.5, 0.6) is 0 Å². The minimum absolute atomic E-state index is 0.0982. The van der Waals surface area contributed by atoms with E-state index in [1.807, 2.05) is 43.3 Å². The van der Waals surface area contributed by atoms with Gasteiger partial charge in [-0.1, -0.05) is 68.3 Å². The fraction of sp³-hybridized carbons (Fsp3) is 0.423. The Labute approximate surface area is 198 Å². The highest BCUT2D eigenvalue weighted by Crippen LogP contribution is 2.44. The minimum Gasteiger partial charge on any atom is -0.479 e. The summed E-state index contributed by atoms with van der Waals surface area (Å²) in [7, 11) is 0. The van der Waals surface area contributed by atoms with E-state index in [2.05, 4.69) is 22.8 Å². The van der Waals surface area contributed by atoms with Gasteiger partial charge in [0.1, 0.15) is 12.1 Å². The summed E-state index contributed by atoms with van der Waals surface area (Å²) in [4.78, 5) is 36.8. The molecule has 3 atom stereocenters. The highest BCUT2D eigenvalue weighted by atomic mass is 16.5. The largest absolute Gasteiger partial charge is 0.479 e. The number of hydrogen-bond acceptors (Lipinski definition) is 5. The zero-order chi connectivity index (χ0) is 24.3. The average molecular weight is 467 g/mol. The van der Waals surface area contributed by atoms with Crippen LogP contribution in [0.15, 0.2) is 48.5 Å². The molecule has 0 bridgehead atoms. The number of amides is 2. The van der Waals surface area contributed by atoms with Crippen molar-refractivity contribution in [2.45, 2.75) is 50.2 Å².